The summed E-state index contributed by atoms with van der Waals surface area (Å²) in [5.74, 6) is 0. The zero-order valence-electron chi connectivity index (χ0n) is 5.17. The molecule has 0 spiro atoms. The third-order valence-electron chi connectivity index (χ3n) is 1.39. The van der Waals surface area contributed by atoms with E-state index in [-0.39, 0.29) is 6.61 Å². The molecule has 0 heterocycles. The molecule has 0 fully saturated rings. The highest BCUT2D eigenvalue weighted by atomic mass is 32.1. The van der Waals surface area contributed by atoms with E-state index in [1.165, 1.54) is 0 Å². The summed E-state index contributed by atoms with van der Waals surface area (Å²) in [4.78, 5) is 0.934. The molecule has 9 heavy (non-hydrogen) atoms. The first kappa shape index (κ1) is 6.90. The summed E-state index contributed by atoms with van der Waals surface area (Å²) in [6.45, 7) is 0.120. The van der Waals surface area contributed by atoms with E-state index in [9.17, 15) is 0 Å². The van der Waals surface area contributed by atoms with Crippen LogP contribution in [0.5, 0.6) is 0 Å². The van der Waals surface area contributed by atoms with Crippen molar-refractivity contribution in [2.24, 2.45) is 0 Å². The highest BCUT2D eigenvalue weighted by Crippen LogP contribution is 2.20. The normalized spacial score (nSPS) is 18.9. The molecule has 0 radical (unpaired) electrons. The van der Waals surface area contributed by atoms with Crippen LogP contribution in [0.4, 0.5) is 0 Å². The van der Waals surface area contributed by atoms with Crippen LogP contribution in [0.1, 0.15) is 12.8 Å². The summed E-state index contributed by atoms with van der Waals surface area (Å²) < 4.78 is 0. The number of thiol groups is 1. The molecule has 0 atom stereocenters. The van der Waals surface area contributed by atoms with Crippen molar-refractivity contribution < 1.29 is 5.11 Å². The average Bonchev–Trinajstić information content (AvgIpc) is 1.89. The molecule has 1 rings (SSSR count). The molecule has 50 valence electrons. The van der Waals surface area contributed by atoms with Crippen LogP contribution in [0, 0.1) is 0 Å². The van der Waals surface area contributed by atoms with E-state index in [0.717, 1.165) is 23.3 Å². The second-order valence-electron chi connectivity index (χ2n) is 2.05. The number of aliphatic hydroxyl groups excluding tert-OH is 1. The van der Waals surface area contributed by atoms with Crippen LogP contribution in [-0.2, 0) is 0 Å². The van der Waals surface area contributed by atoms with E-state index in [2.05, 4.69) is 12.6 Å². The maximum atomic E-state index is 8.70. The quantitative estimate of drug-likeness (QED) is 0.532. The molecular weight excluding hydrogens is 132 g/mol. The van der Waals surface area contributed by atoms with E-state index in [1.807, 2.05) is 12.2 Å². The van der Waals surface area contributed by atoms with Gasteiger partial charge in [0.25, 0.3) is 0 Å². The van der Waals surface area contributed by atoms with Gasteiger partial charge in [-0.1, -0.05) is 12.2 Å². The van der Waals surface area contributed by atoms with Crippen molar-refractivity contribution >= 4 is 12.6 Å². The molecule has 0 bridgehead atoms. The third kappa shape index (κ3) is 1.60. The van der Waals surface area contributed by atoms with Crippen LogP contribution in [0.3, 0.4) is 0 Å². The Morgan fingerprint density at radius 3 is 2.56 bits per heavy atom. The zero-order chi connectivity index (χ0) is 6.69. The van der Waals surface area contributed by atoms with Gasteiger partial charge in [-0.2, -0.15) is 0 Å². The smallest absolute Gasteiger partial charge is 0.0689 e. The van der Waals surface area contributed by atoms with E-state index in [1.54, 1.807) is 0 Å². The van der Waals surface area contributed by atoms with Crippen LogP contribution >= 0.6 is 12.6 Å². The molecule has 0 amide bonds. The third-order valence-corrected chi connectivity index (χ3v) is 1.86. The fourth-order valence-electron chi connectivity index (χ4n) is 0.859. The largest absolute Gasteiger partial charge is 0.392 e. The summed E-state index contributed by atoms with van der Waals surface area (Å²) >= 11 is 4.17. The molecule has 1 aliphatic carbocycles. The molecule has 2 heteroatoms. The van der Waals surface area contributed by atoms with Gasteiger partial charge in [-0.05, 0) is 18.4 Å². The molecule has 0 aromatic rings. The van der Waals surface area contributed by atoms with Crippen LogP contribution in [0.25, 0.3) is 0 Å². The van der Waals surface area contributed by atoms with E-state index >= 15 is 0 Å². The van der Waals surface area contributed by atoms with Gasteiger partial charge in [-0.25, -0.2) is 0 Å². The van der Waals surface area contributed by atoms with E-state index in [0.29, 0.717) is 0 Å². The Hall–Kier alpha value is -0.210. The molecule has 1 aliphatic rings. The molecule has 0 saturated carbocycles. The summed E-state index contributed by atoms with van der Waals surface area (Å²) in [5, 5.41) is 8.70. The Labute approximate surface area is 60.5 Å². The van der Waals surface area contributed by atoms with Crippen molar-refractivity contribution in [2.75, 3.05) is 6.61 Å². The van der Waals surface area contributed by atoms with Crippen molar-refractivity contribution in [3.63, 3.8) is 0 Å². The minimum Gasteiger partial charge on any atom is -0.392 e. The van der Waals surface area contributed by atoms with Gasteiger partial charge in [0.05, 0.1) is 6.61 Å². The first-order valence-electron chi connectivity index (χ1n) is 3.04. The van der Waals surface area contributed by atoms with Crippen molar-refractivity contribution in [1.29, 1.82) is 0 Å². The lowest BCUT2D eigenvalue weighted by atomic mass is 10.1. The Balaban J connectivity index is 2.68. The van der Waals surface area contributed by atoms with Gasteiger partial charge in [-0.15, -0.1) is 12.6 Å². The number of aliphatic hydroxyl groups is 1. The van der Waals surface area contributed by atoms with Crippen LogP contribution in [0.2, 0.25) is 0 Å². The number of rotatable bonds is 1. The first-order chi connectivity index (χ1) is 4.34. The van der Waals surface area contributed by atoms with Crippen molar-refractivity contribution in [2.45, 2.75) is 12.8 Å². The molecular formula is C7H10OS. The molecule has 1 N–H and O–H groups in total. The van der Waals surface area contributed by atoms with Gasteiger partial charge in [-0.3, -0.25) is 0 Å². The average molecular weight is 142 g/mol. The molecule has 0 saturated heterocycles. The lowest BCUT2D eigenvalue weighted by Gasteiger charge is -2.07. The Morgan fingerprint density at radius 2 is 2.11 bits per heavy atom. The summed E-state index contributed by atoms with van der Waals surface area (Å²) in [6, 6.07) is 0. The Bertz CT molecular complexity index is 158. The fraction of sp³-hybridized carbons (Fsp3) is 0.429. The number of allylic oxidation sites excluding steroid dienone is 2. The van der Waals surface area contributed by atoms with Crippen molar-refractivity contribution in [1.82, 2.24) is 0 Å². The zero-order valence-corrected chi connectivity index (χ0v) is 6.06. The maximum Gasteiger partial charge on any atom is 0.0689 e. The van der Waals surface area contributed by atoms with Gasteiger partial charge < -0.3 is 5.11 Å². The monoisotopic (exact) mass is 142 g/mol. The van der Waals surface area contributed by atoms with Crippen LogP contribution < -0.4 is 0 Å². The first-order valence-corrected chi connectivity index (χ1v) is 3.48. The minimum atomic E-state index is 0.120. The summed E-state index contributed by atoms with van der Waals surface area (Å²) in [6.07, 6.45) is 6.17. The van der Waals surface area contributed by atoms with Crippen LogP contribution in [0.15, 0.2) is 22.6 Å². The molecule has 0 aliphatic heterocycles. The minimum absolute atomic E-state index is 0.120. The SMILES string of the molecule is OCC1=CCCC=C1S. The molecule has 0 aromatic heterocycles. The fourth-order valence-corrected chi connectivity index (χ4v) is 1.15. The topological polar surface area (TPSA) is 20.2 Å². The predicted molar refractivity (Wildman–Crippen MR) is 41.5 cm³/mol. The van der Waals surface area contributed by atoms with E-state index < -0.39 is 0 Å². The van der Waals surface area contributed by atoms with Crippen LogP contribution in [-0.4, -0.2) is 11.7 Å². The summed E-state index contributed by atoms with van der Waals surface area (Å²) in [5.41, 5.74) is 0.963. The van der Waals surface area contributed by atoms with E-state index in [4.69, 9.17) is 5.11 Å². The van der Waals surface area contributed by atoms with Gasteiger partial charge in [0.15, 0.2) is 0 Å². The standard InChI is InChI=1S/C7H10OS/c8-5-6-3-1-2-4-7(6)9/h3-4,8-9H,1-2,5H2. The maximum absolute atomic E-state index is 8.70. The Kier molecular flexibility index (Phi) is 2.37. The van der Waals surface area contributed by atoms with Crippen molar-refractivity contribution in [3.8, 4) is 0 Å². The Morgan fingerprint density at radius 1 is 1.44 bits per heavy atom. The van der Waals surface area contributed by atoms with Crippen molar-refractivity contribution in [3.05, 3.63) is 22.6 Å². The highest BCUT2D eigenvalue weighted by Gasteiger charge is 2.01. The second kappa shape index (κ2) is 3.08. The van der Waals surface area contributed by atoms with Gasteiger partial charge in [0.2, 0.25) is 0 Å². The second-order valence-corrected chi connectivity index (χ2v) is 2.54. The lowest BCUT2D eigenvalue weighted by Crippen LogP contribution is -1.94. The van der Waals surface area contributed by atoms with Gasteiger partial charge in [0, 0.05) is 4.91 Å². The van der Waals surface area contributed by atoms with Gasteiger partial charge >= 0.3 is 0 Å². The lowest BCUT2D eigenvalue weighted by molar-refractivity contribution is 0.333. The number of hydrogen-bond acceptors (Lipinski definition) is 2. The number of hydrogen-bond donors (Lipinski definition) is 2. The summed E-state index contributed by atoms with van der Waals surface area (Å²) in [7, 11) is 0. The molecule has 1 nitrogen and oxygen atoms in total. The highest BCUT2D eigenvalue weighted by molar-refractivity contribution is 7.84. The van der Waals surface area contributed by atoms with Gasteiger partial charge in [0.1, 0.15) is 0 Å². The molecule has 0 unspecified atom stereocenters. The molecule has 0 aromatic carbocycles. The predicted octanol–water partition coefficient (Wildman–Crippen LogP) is 1.51.